The lowest BCUT2D eigenvalue weighted by Gasteiger charge is -2.12. The highest BCUT2D eigenvalue weighted by Gasteiger charge is 2.15. The van der Waals surface area contributed by atoms with Crippen molar-refractivity contribution in [2.75, 3.05) is 29.7 Å². The van der Waals surface area contributed by atoms with Crippen LogP contribution < -0.4 is 20.7 Å². The van der Waals surface area contributed by atoms with Crippen molar-refractivity contribution >= 4 is 38.3 Å². The maximum absolute atomic E-state index is 12.9. The molecular formula is C32H34N6O4S. The first kappa shape index (κ1) is 29.8. The molecular weight excluding hydrogens is 564 g/mol. The number of pyridine rings is 1. The number of amides is 2. The third-order valence-electron chi connectivity index (χ3n) is 6.98. The number of anilines is 2. The number of H-pyrrole nitrogens is 1. The van der Waals surface area contributed by atoms with Crippen LogP contribution in [0.4, 0.5) is 16.2 Å². The Balaban J connectivity index is 1.05. The average Bonchev–Trinajstić information content (AvgIpc) is 3.43. The summed E-state index contributed by atoms with van der Waals surface area (Å²) in [6.07, 6.45) is 6.02. The van der Waals surface area contributed by atoms with Crippen LogP contribution in [0.25, 0.3) is 10.9 Å². The number of carbonyl (C=O) groups excluding carboxylic acids is 1. The fraction of sp³-hybridized carbons (Fsp3) is 0.188. The summed E-state index contributed by atoms with van der Waals surface area (Å²) < 4.78 is 28.4. The van der Waals surface area contributed by atoms with Crippen LogP contribution in [0.15, 0.2) is 108 Å². The third kappa shape index (κ3) is 8.19. The molecule has 0 aliphatic carbocycles. The van der Waals surface area contributed by atoms with E-state index in [0.717, 1.165) is 34.0 Å². The van der Waals surface area contributed by atoms with E-state index in [2.05, 4.69) is 30.6 Å². The highest BCUT2D eigenvalue weighted by atomic mass is 32.2. The van der Waals surface area contributed by atoms with Gasteiger partial charge in [0.25, 0.3) is 10.0 Å². The van der Waals surface area contributed by atoms with Gasteiger partial charge in [0.05, 0.1) is 11.0 Å². The molecule has 6 N–H and O–H groups in total. The Kier molecular flexibility index (Phi) is 9.67. The summed E-state index contributed by atoms with van der Waals surface area (Å²) >= 11 is 0. The van der Waals surface area contributed by atoms with E-state index >= 15 is 0 Å². The van der Waals surface area contributed by atoms with Gasteiger partial charge < -0.3 is 26.0 Å². The summed E-state index contributed by atoms with van der Waals surface area (Å²) in [7, 11) is -3.81. The van der Waals surface area contributed by atoms with Gasteiger partial charge in [-0.25, -0.2) is 13.2 Å². The summed E-state index contributed by atoms with van der Waals surface area (Å²) in [6, 6.07) is 24.4. The molecule has 222 valence electrons. The number of aromatic amines is 1. The topological polar surface area (TPSA) is 148 Å². The Morgan fingerprint density at radius 3 is 2.42 bits per heavy atom. The van der Waals surface area contributed by atoms with E-state index in [1.54, 1.807) is 42.7 Å². The third-order valence-corrected chi connectivity index (χ3v) is 8.38. The molecule has 3 aromatic carbocycles. The zero-order chi connectivity index (χ0) is 30.1. The SMILES string of the molecule is O=C(NCCc1c[nH]c2ccccc12)Nc1ccc(S(=O)(=O)Nc2ccc(CCNCC(O)c3cccnc3)cc2)cc1. The first-order valence-corrected chi connectivity index (χ1v) is 15.5. The summed E-state index contributed by atoms with van der Waals surface area (Å²) in [5, 5.41) is 20.1. The molecule has 5 rings (SSSR count). The number of aliphatic hydroxyl groups excluding tert-OH is 1. The summed E-state index contributed by atoms with van der Waals surface area (Å²) in [6.45, 7) is 1.52. The summed E-state index contributed by atoms with van der Waals surface area (Å²) in [4.78, 5) is 19.7. The quantitative estimate of drug-likeness (QED) is 0.109. The van der Waals surface area contributed by atoms with E-state index in [1.165, 1.54) is 12.1 Å². The molecule has 0 saturated carbocycles. The number of nitrogens with zero attached hydrogens (tertiary/aromatic N) is 1. The predicted molar refractivity (Wildman–Crippen MR) is 168 cm³/mol. The van der Waals surface area contributed by atoms with E-state index < -0.39 is 16.1 Å². The van der Waals surface area contributed by atoms with Gasteiger partial charge >= 0.3 is 6.03 Å². The van der Waals surface area contributed by atoms with Crippen LogP contribution in [0, 0.1) is 0 Å². The molecule has 0 fully saturated rings. The van der Waals surface area contributed by atoms with Crippen LogP contribution in [0.3, 0.4) is 0 Å². The molecule has 2 heterocycles. The van der Waals surface area contributed by atoms with E-state index in [1.807, 2.05) is 48.7 Å². The zero-order valence-electron chi connectivity index (χ0n) is 23.5. The maximum atomic E-state index is 12.9. The molecule has 0 aliphatic rings. The number of urea groups is 1. The number of rotatable bonds is 13. The maximum Gasteiger partial charge on any atom is 0.319 e. The molecule has 0 bridgehead atoms. The normalized spacial score (nSPS) is 12.1. The number of nitrogens with one attached hydrogen (secondary N) is 5. The zero-order valence-corrected chi connectivity index (χ0v) is 24.3. The number of para-hydroxylation sites is 1. The summed E-state index contributed by atoms with van der Waals surface area (Å²) in [5.74, 6) is 0. The Bertz CT molecular complexity index is 1740. The van der Waals surface area contributed by atoms with Gasteiger partial charge in [0.2, 0.25) is 0 Å². The molecule has 5 aromatic rings. The lowest BCUT2D eigenvalue weighted by Crippen LogP contribution is -2.30. The van der Waals surface area contributed by atoms with Crippen LogP contribution in [0.2, 0.25) is 0 Å². The predicted octanol–water partition coefficient (Wildman–Crippen LogP) is 4.59. The van der Waals surface area contributed by atoms with E-state index in [-0.39, 0.29) is 10.9 Å². The number of aliphatic hydroxyl groups is 1. The van der Waals surface area contributed by atoms with Crippen LogP contribution in [0.1, 0.15) is 22.8 Å². The minimum atomic E-state index is -3.81. The van der Waals surface area contributed by atoms with Gasteiger partial charge in [-0.1, -0.05) is 36.4 Å². The van der Waals surface area contributed by atoms with E-state index in [0.29, 0.717) is 37.4 Å². The second kappa shape index (κ2) is 14.0. The number of hydrogen-bond donors (Lipinski definition) is 6. The number of carbonyl (C=O) groups is 1. The molecule has 2 amide bonds. The van der Waals surface area contributed by atoms with Crippen molar-refractivity contribution in [2.24, 2.45) is 0 Å². The van der Waals surface area contributed by atoms with Crippen molar-refractivity contribution in [3.05, 3.63) is 120 Å². The fourth-order valence-corrected chi connectivity index (χ4v) is 5.72. The smallest absolute Gasteiger partial charge is 0.319 e. The Labute approximate surface area is 250 Å². The molecule has 43 heavy (non-hydrogen) atoms. The molecule has 2 aromatic heterocycles. The van der Waals surface area contributed by atoms with Gasteiger partial charge in [0.1, 0.15) is 0 Å². The highest BCUT2D eigenvalue weighted by Crippen LogP contribution is 2.20. The Hall–Kier alpha value is -4.71. The largest absolute Gasteiger partial charge is 0.387 e. The fourth-order valence-electron chi connectivity index (χ4n) is 4.66. The van der Waals surface area contributed by atoms with Crippen LogP contribution in [0.5, 0.6) is 0 Å². The number of aromatic nitrogens is 2. The summed E-state index contributed by atoms with van der Waals surface area (Å²) in [5.41, 5.74) is 4.90. The molecule has 0 aliphatic heterocycles. The minimum absolute atomic E-state index is 0.0817. The monoisotopic (exact) mass is 598 g/mol. The number of hydrogen-bond acceptors (Lipinski definition) is 6. The Morgan fingerprint density at radius 1 is 0.884 bits per heavy atom. The van der Waals surface area contributed by atoms with Gasteiger partial charge in [-0.3, -0.25) is 9.71 Å². The van der Waals surface area contributed by atoms with Gasteiger partial charge in [-0.15, -0.1) is 0 Å². The van der Waals surface area contributed by atoms with Gasteiger partial charge in [-0.2, -0.15) is 0 Å². The standard InChI is InChI=1S/C32H34N6O4S/c39-31(25-4-3-17-33-20-25)22-34-18-15-23-7-9-27(10-8-23)38-43(41,42)28-13-11-26(12-14-28)37-32(40)35-19-16-24-21-36-30-6-2-1-5-29(24)30/h1-14,17,20-21,31,34,36,38-39H,15-16,18-19,22H2,(H2,35,37,40). The van der Waals surface area contributed by atoms with Crippen LogP contribution >= 0.6 is 0 Å². The number of benzene rings is 3. The van der Waals surface area contributed by atoms with Crippen molar-refractivity contribution in [2.45, 2.75) is 23.8 Å². The van der Waals surface area contributed by atoms with Crippen molar-refractivity contribution in [3.8, 4) is 0 Å². The van der Waals surface area contributed by atoms with E-state index in [9.17, 15) is 18.3 Å². The lowest BCUT2D eigenvalue weighted by molar-refractivity contribution is 0.174. The first-order valence-electron chi connectivity index (χ1n) is 14.0. The number of sulfonamides is 1. The van der Waals surface area contributed by atoms with Crippen molar-refractivity contribution in [3.63, 3.8) is 0 Å². The molecule has 11 heteroatoms. The molecule has 1 unspecified atom stereocenters. The van der Waals surface area contributed by atoms with Gasteiger partial charge in [0, 0.05) is 59.5 Å². The van der Waals surface area contributed by atoms with Crippen molar-refractivity contribution in [1.29, 1.82) is 0 Å². The van der Waals surface area contributed by atoms with E-state index in [4.69, 9.17) is 0 Å². The highest BCUT2D eigenvalue weighted by molar-refractivity contribution is 7.92. The number of fused-ring (bicyclic) bond motifs is 1. The molecule has 0 radical (unpaired) electrons. The van der Waals surface area contributed by atoms with Crippen LogP contribution in [-0.2, 0) is 22.9 Å². The van der Waals surface area contributed by atoms with Gasteiger partial charge in [-0.05, 0) is 79.0 Å². The van der Waals surface area contributed by atoms with Crippen LogP contribution in [-0.4, -0.2) is 49.2 Å². The van der Waals surface area contributed by atoms with Gasteiger partial charge in [0.15, 0.2) is 0 Å². The lowest BCUT2D eigenvalue weighted by atomic mass is 10.1. The van der Waals surface area contributed by atoms with Crippen molar-refractivity contribution < 1.29 is 18.3 Å². The second-order valence-electron chi connectivity index (χ2n) is 10.1. The Morgan fingerprint density at radius 2 is 1.65 bits per heavy atom. The first-order chi connectivity index (χ1) is 20.9. The minimum Gasteiger partial charge on any atom is -0.387 e. The average molecular weight is 599 g/mol. The molecule has 10 nitrogen and oxygen atoms in total. The molecule has 0 spiro atoms. The molecule has 1 atom stereocenters. The molecule has 0 saturated heterocycles. The van der Waals surface area contributed by atoms with Crippen molar-refractivity contribution in [1.82, 2.24) is 20.6 Å². The second-order valence-corrected chi connectivity index (χ2v) is 11.8.